The lowest BCUT2D eigenvalue weighted by atomic mass is 10.2. The van der Waals surface area contributed by atoms with E-state index in [1.54, 1.807) is 6.07 Å². The number of carbonyl (C=O) groups is 1. The molecule has 0 spiro atoms. The van der Waals surface area contributed by atoms with Crippen LogP contribution in [-0.4, -0.2) is 31.2 Å². The molecule has 104 valence electrons. The summed E-state index contributed by atoms with van der Waals surface area (Å²) in [5.74, 6) is -0.630. The minimum Gasteiger partial charge on any atom is -0.368 e. The second-order valence-electron chi connectivity index (χ2n) is 4.25. The summed E-state index contributed by atoms with van der Waals surface area (Å²) in [5.41, 5.74) is 5.24. The van der Waals surface area contributed by atoms with E-state index in [9.17, 15) is 13.2 Å². The van der Waals surface area contributed by atoms with E-state index in [1.807, 2.05) is 0 Å². The number of sulfonamides is 1. The largest absolute Gasteiger partial charge is 0.368 e. The predicted molar refractivity (Wildman–Crippen MR) is 75.3 cm³/mol. The molecule has 1 aliphatic rings. The Morgan fingerprint density at radius 3 is 2.74 bits per heavy atom. The number of carbonyl (C=O) groups excluding carboxylic acids is 1. The van der Waals surface area contributed by atoms with E-state index in [0.717, 1.165) is 4.31 Å². The van der Waals surface area contributed by atoms with Crippen LogP contribution in [-0.2, 0) is 14.8 Å². The van der Waals surface area contributed by atoms with Gasteiger partial charge in [-0.1, -0.05) is 27.5 Å². The lowest BCUT2D eigenvalue weighted by Crippen LogP contribution is -2.43. The van der Waals surface area contributed by atoms with Crippen molar-refractivity contribution in [2.24, 2.45) is 5.73 Å². The minimum atomic E-state index is -3.80. The van der Waals surface area contributed by atoms with Crippen molar-refractivity contribution in [1.82, 2.24) is 4.31 Å². The van der Waals surface area contributed by atoms with Gasteiger partial charge in [0, 0.05) is 11.0 Å². The van der Waals surface area contributed by atoms with Gasteiger partial charge in [0.05, 0.1) is 5.02 Å². The van der Waals surface area contributed by atoms with Gasteiger partial charge in [-0.15, -0.1) is 0 Å². The maximum absolute atomic E-state index is 12.5. The number of rotatable bonds is 3. The highest BCUT2D eigenvalue weighted by Crippen LogP contribution is 2.31. The van der Waals surface area contributed by atoms with Gasteiger partial charge in [0.15, 0.2) is 0 Å². The molecule has 1 aromatic rings. The van der Waals surface area contributed by atoms with Crippen LogP contribution in [0.2, 0.25) is 5.02 Å². The van der Waals surface area contributed by atoms with Gasteiger partial charge in [-0.05, 0) is 31.0 Å². The van der Waals surface area contributed by atoms with E-state index >= 15 is 0 Å². The predicted octanol–water partition coefficient (Wildman–Crippen LogP) is 1.74. The van der Waals surface area contributed by atoms with Gasteiger partial charge in [-0.3, -0.25) is 4.79 Å². The Morgan fingerprint density at radius 1 is 1.47 bits per heavy atom. The van der Waals surface area contributed by atoms with Gasteiger partial charge in [0.2, 0.25) is 15.9 Å². The van der Waals surface area contributed by atoms with Gasteiger partial charge < -0.3 is 5.73 Å². The molecule has 0 bridgehead atoms. The zero-order chi connectivity index (χ0) is 14.2. The fourth-order valence-electron chi connectivity index (χ4n) is 2.12. The summed E-state index contributed by atoms with van der Waals surface area (Å²) in [6.45, 7) is 0.280. The van der Waals surface area contributed by atoms with Crippen molar-refractivity contribution in [3.63, 3.8) is 0 Å². The van der Waals surface area contributed by atoms with Gasteiger partial charge in [0.1, 0.15) is 10.9 Å². The van der Waals surface area contributed by atoms with Gasteiger partial charge in [-0.25, -0.2) is 8.42 Å². The van der Waals surface area contributed by atoms with E-state index in [1.165, 1.54) is 12.1 Å². The molecule has 0 aliphatic carbocycles. The summed E-state index contributed by atoms with van der Waals surface area (Å²) < 4.78 is 26.8. The second-order valence-corrected chi connectivity index (χ2v) is 7.43. The zero-order valence-electron chi connectivity index (χ0n) is 9.84. The van der Waals surface area contributed by atoms with Crippen LogP contribution in [0.5, 0.6) is 0 Å². The van der Waals surface area contributed by atoms with Crippen LogP contribution >= 0.6 is 27.5 Å². The molecular weight excluding hydrogens is 356 g/mol. The number of halogens is 2. The lowest BCUT2D eigenvalue weighted by Gasteiger charge is -2.22. The molecule has 8 heteroatoms. The van der Waals surface area contributed by atoms with Gasteiger partial charge in [-0.2, -0.15) is 4.31 Å². The highest BCUT2D eigenvalue weighted by molar-refractivity contribution is 9.10. The van der Waals surface area contributed by atoms with Crippen LogP contribution < -0.4 is 5.73 Å². The maximum Gasteiger partial charge on any atom is 0.245 e. The molecule has 0 saturated carbocycles. The molecule has 1 aromatic carbocycles. The molecule has 0 radical (unpaired) electrons. The molecule has 1 atom stereocenters. The topological polar surface area (TPSA) is 80.5 Å². The summed E-state index contributed by atoms with van der Waals surface area (Å²) in [6.07, 6.45) is 1.06. The maximum atomic E-state index is 12.5. The monoisotopic (exact) mass is 366 g/mol. The summed E-state index contributed by atoms with van der Waals surface area (Å²) in [7, 11) is -3.80. The average Bonchev–Trinajstić information content (AvgIpc) is 2.77. The van der Waals surface area contributed by atoms with Crippen molar-refractivity contribution in [2.45, 2.75) is 23.8 Å². The molecule has 1 amide bonds. The first-order valence-electron chi connectivity index (χ1n) is 5.60. The molecule has 2 N–H and O–H groups in total. The molecule has 19 heavy (non-hydrogen) atoms. The van der Waals surface area contributed by atoms with E-state index in [0.29, 0.717) is 17.3 Å². The zero-order valence-corrected chi connectivity index (χ0v) is 13.0. The first kappa shape index (κ1) is 14.8. The summed E-state index contributed by atoms with van der Waals surface area (Å²) in [6, 6.07) is 3.72. The quantitative estimate of drug-likeness (QED) is 0.883. The van der Waals surface area contributed by atoms with Crippen molar-refractivity contribution in [3.05, 3.63) is 27.7 Å². The Balaban J connectivity index is 2.45. The van der Waals surface area contributed by atoms with E-state index < -0.39 is 22.0 Å². The van der Waals surface area contributed by atoms with Crippen LogP contribution in [0, 0.1) is 0 Å². The number of hydrogen-bond acceptors (Lipinski definition) is 3. The Labute approximate surface area is 124 Å². The Kier molecular flexibility index (Phi) is 4.20. The van der Waals surface area contributed by atoms with Crippen LogP contribution in [0.4, 0.5) is 0 Å². The van der Waals surface area contributed by atoms with Crippen LogP contribution in [0.15, 0.2) is 27.6 Å². The number of nitrogens with zero attached hydrogens (tertiary/aromatic N) is 1. The third-order valence-electron chi connectivity index (χ3n) is 3.01. The average molecular weight is 368 g/mol. The normalized spacial score (nSPS) is 20.6. The smallest absolute Gasteiger partial charge is 0.245 e. The molecule has 1 heterocycles. The van der Waals surface area contributed by atoms with E-state index in [-0.39, 0.29) is 16.5 Å². The van der Waals surface area contributed by atoms with Gasteiger partial charge >= 0.3 is 0 Å². The molecule has 0 aromatic heterocycles. The Morgan fingerprint density at radius 2 is 2.16 bits per heavy atom. The van der Waals surface area contributed by atoms with E-state index in [4.69, 9.17) is 17.3 Å². The van der Waals surface area contributed by atoms with Crippen molar-refractivity contribution in [2.75, 3.05) is 6.54 Å². The minimum absolute atomic E-state index is 0.00878. The van der Waals surface area contributed by atoms with Crippen molar-refractivity contribution in [1.29, 1.82) is 0 Å². The molecule has 0 unspecified atom stereocenters. The SMILES string of the molecule is NC(=O)[C@H]1CCCN1S(=O)(=O)c1ccc(Br)cc1Cl. The summed E-state index contributed by atoms with van der Waals surface area (Å²) >= 11 is 9.18. The van der Waals surface area contributed by atoms with Crippen LogP contribution in [0.1, 0.15) is 12.8 Å². The molecule has 1 aliphatic heterocycles. The first-order valence-corrected chi connectivity index (χ1v) is 8.21. The Bertz CT molecular complexity index is 620. The molecular formula is C11H12BrClN2O3S. The highest BCUT2D eigenvalue weighted by Gasteiger charge is 2.39. The highest BCUT2D eigenvalue weighted by atomic mass is 79.9. The van der Waals surface area contributed by atoms with Crippen molar-refractivity contribution >= 4 is 43.5 Å². The molecule has 1 saturated heterocycles. The number of amides is 1. The second kappa shape index (κ2) is 5.40. The first-order chi connectivity index (χ1) is 8.84. The fourth-order valence-corrected chi connectivity index (χ4v) is 4.80. The third-order valence-corrected chi connectivity index (χ3v) is 5.90. The van der Waals surface area contributed by atoms with Crippen LogP contribution in [0.3, 0.4) is 0 Å². The lowest BCUT2D eigenvalue weighted by molar-refractivity contribution is -0.121. The molecule has 2 rings (SSSR count). The van der Waals surface area contributed by atoms with Crippen LogP contribution in [0.25, 0.3) is 0 Å². The molecule has 1 fully saturated rings. The molecule has 5 nitrogen and oxygen atoms in total. The van der Waals surface area contributed by atoms with Gasteiger partial charge in [0.25, 0.3) is 0 Å². The number of benzene rings is 1. The number of hydrogen-bond donors (Lipinski definition) is 1. The number of primary amides is 1. The summed E-state index contributed by atoms with van der Waals surface area (Å²) in [4.78, 5) is 11.3. The summed E-state index contributed by atoms with van der Waals surface area (Å²) in [5, 5.41) is 0.115. The van der Waals surface area contributed by atoms with E-state index in [2.05, 4.69) is 15.9 Å². The standard InChI is InChI=1S/C11H12BrClN2O3S/c12-7-3-4-10(8(13)6-7)19(17,18)15-5-1-2-9(15)11(14)16/h3-4,6,9H,1-2,5H2,(H2,14,16)/t9-/m1/s1. The Hall–Kier alpha value is -0.630. The number of nitrogens with two attached hydrogens (primary N) is 1. The fraction of sp³-hybridized carbons (Fsp3) is 0.364. The third kappa shape index (κ3) is 2.79. The van der Waals surface area contributed by atoms with Crippen molar-refractivity contribution < 1.29 is 13.2 Å². The van der Waals surface area contributed by atoms with Crippen molar-refractivity contribution in [3.8, 4) is 0 Å².